The van der Waals surface area contributed by atoms with Crippen LogP contribution in [-0.4, -0.2) is 27.1 Å². The van der Waals surface area contributed by atoms with Crippen LogP contribution in [0, 0.1) is 20.8 Å². The molecule has 0 unspecified atom stereocenters. The predicted molar refractivity (Wildman–Crippen MR) is 124 cm³/mol. The second-order valence-electron chi connectivity index (χ2n) is 7.29. The molecular weight excluding hydrogens is 390 g/mol. The van der Waals surface area contributed by atoms with Gasteiger partial charge in [0.2, 0.25) is 0 Å². The largest absolute Gasteiger partial charge is 0.493 e. The molecule has 0 radical (unpaired) electrons. The van der Waals surface area contributed by atoms with E-state index in [1.54, 1.807) is 11.8 Å². The Morgan fingerprint density at radius 2 is 1.60 bits per heavy atom. The molecular formula is C25H25N3OS. The third kappa shape index (κ3) is 4.57. The summed E-state index contributed by atoms with van der Waals surface area (Å²) in [6, 6.07) is 24.8. The third-order valence-electron chi connectivity index (χ3n) is 5.02. The summed E-state index contributed by atoms with van der Waals surface area (Å²) in [5.74, 6) is 2.52. The Hall–Kier alpha value is -3.05. The zero-order valence-electron chi connectivity index (χ0n) is 17.5. The molecule has 0 aliphatic heterocycles. The van der Waals surface area contributed by atoms with E-state index < -0.39 is 0 Å². The summed E-state index contributed by atoms with van der Waals surface area (Å²) in [5.41, 5.74) is 5.87. The Morgan fingerprint density at radius 1 is 0.833 bits per heavy atom. The van der Waals surface area contributed by atoms with Gasteiger partial charge in [0.1, 0.15) is 5.75 Å². The van der Waals surface area contributed by atoms with Crippen molar-refractivity contribution in [2.75, 3.05) is 12.4 Å². The molecule has 1 heterocycles. The van der Waals surface area contributed by atoms with E-state index in [9.17, 15) is 0 Å². The van der Waals surface area contributed by atoms with Crippen LogP contribution in [0.25, 0.3) is 17.1 Å². The van der Waals surface area contributed by atoms with Crippen molar-refractivity contribution in [3.8, 4) is 22.8 Å². The summed E-state index contributed by atoms with van der Waals surface area (Å²) in [6.07, 6.45) is 0. The van der Waals surface area contributed by atoms with Gasteiger partial charge in [-0.1, -0.05) is 65.9 Å². The SMILES string of the molecule is Cc1ccc(OCCSc2nnc(-c3ccccc3)n2-c2ccc(C)c(C)c2)cc1. The summed E-state index contributed by atoms with van der Waals surface area (Å²) in [5, 5.41) is 9.88. The summed E-state index contributed by atoms with van der Waals surface area (Å²) in [4.78, 5) is 0. The van der Waals surface area contributed by atoms with Gasteiger partial charge in [0.15, 0.2) is 11.0 Å². The Morgan fingerprint density at radius 3 is 2.33 bits per heavy atom. The van der Waals surface area contributed by atoms with Crippen molar-refractivity contribution in [2.45, 2.75) is 25.9 Å². The van der Waals surface area contributed by atoms with Crippen LogP contribution in [0.2, 0.25) is 0 Å². The first kappa shape index (κ1) is 20.2. The Balaban J connectivity index is 1.57. The number of ether oxygens (including phenoxy) is 1. The van der Waals surface area contributed by atoms with E-state index in [4.69, 9.17) is 4.74 Å². The summed E-state index contributed by atoms with van der Waals surface area (Å²) < 4.78 is 8.01. The summed E-state index contributed by atoms with van der Waals surface area (Å²) in [7, 11) is 0. The van der Waals surface area contributed by atoms with Gasteiger partial charge in [0.05, 0.1) is 12.3 Å². The van der Waals surface area contributed by atoms with E-state index in [0.717, 1.165) is 33.7 Å². The highest BCUT2D eigenvalue weighted by Crippen LogP contribution is 2.29. The number of rotatable bonds is 7. The standard InChI is InChI=1S/C25H25N3OS/c1-18-9-13-23(14-10-18)29-15-16-30-25-27-26-24(21-7-5-4-6-8-21)28(25)22-12-11-19(2)20(3)17-22/h4-14,17H,15-16H2,1-3H3. The highest BCUT2D eigenvalue weighted by molar-refractivity contribution is 7.99. The van der Waals surface area contributed by atoms with Gasteiger partial charge < -0.3 is 4.74 Å². The monoisotopic (exact) mass is 415 g/mol. The average Bonchev–Trinajstić information content (AvgIpc) is 3.19. The van der Waals surface area contributed by atoms with E-state index >= 15 is 0 Å². The lowest BCUT2D eigenvalue weighted by molar-refractivity contribution is 0.344. The van der Waals surface area contributed by atoms with Crippen LogP contribution in [0.5, 0.6) is 5.75 Å². The van der Waals surface area contributed by atoms with Gasteiger partial charge in [-0.25, -0.2) is 0 Å². The van der Waals surface area contributed by atoms with Crippen LogP contribution in [0.15, 0.2) is 78.0 Å². The van der Waals surface area contributed by atoms with Crippen molar-refractivity contribution in [1.29, 1.82) is 0 Å². The minimum Gasteiger partial charge on any atom is -0.493 e. The lowest BCUT2D eigenvalue weighted by atomic mass is 10.1. The molecule has 0 spiro atoms. The maximum atomic E-state index is 5.88. The van der Waals surface area contributed by atoms with E-state index in [-0.39, 0.29) is 0 Å². The maximum Gasteiger partial charge on any atom is 0.196 e. The number of aryl methyl sites for hydroxylation is 3. The van der Waals surface area contributed by atoms with Gasteiger partial charge in [-0.2, -0.15) is 0 Å². The first-order valence-electron chi connectivity index (χ1n) is 10.0. The van der Waals surface area contributed by atoms with Gasteiger partial charge in [0.25, 0.3) is 0 Å². The summed E-state index contributed by atoms with van der Waals surface area (Å²) in [6.45, 7) is 6.94. The lowest BCUT2D eigenvalue weighted by Gasteiger charge is -2.12. The van der Waals surface area contributed by atoms with Crippen molar-refractivity contribution in [3.63, 3.8) is 0 Å². The Bertz CT molecular complexity index is 1120. The fraction of sp³-hybridized carbons (Fsp3) is 0.200. The van der Waals surface area contributed by atoms with E-state index in [1.165, 1.54) is 16.7 Å². The molecule has 3 aromatic carbocycles. The van der Waals surface area contributed by atoms with Crippen LogP contribution in [-0.2, 0) is 0 Å². The molecule has 4 rings (SSSR count). The normalized spacial score (nSPS) is 10.9. The fourth-order valence-electron chi connectivity index (χ4n) is 3.16. The van der Waals surface area contributed by atoms with Gasteiger partial charge in [-0.3, -0.25) is 4.57 Å². The van der Waals surface area contributed by atoms with Crippen LogP contribution in [0.4, 0.5) is 0 Å². The second-order valence-corrected chi connectivity index (χ2v) is 8.35. The molecule has 1 aromatic heterocycles. The fourth-order valence-corrected chi connectivity index (χ4v) is 3.93. The molecule has 4 aromatic rings. The number of nitrogens with zero attached hydrogens (tertiary/aromatic N) is 3. The quantitative estimate of drug-likeness (QED) is 0.273. The van der Waals surface area contributed by atoms with Gasteiger partial charge in [-0.05, 0) is 56.2 Å². The molecule has 0 saturated heterocycles. The van der Waals surface area contributed by atoms with E-state index in [2.05, 4.69) is 78.0 Å². The number of hydrogen-bond donors (Lipinski definition) is 0. The minimum atomic E-state index is 0.605. The molecule has 0 saturated carbocycles. The molecule has 152 valence electrons. The smallest absolute Gasteiger partial charge is 0.196 e. The minimum absolute atomic E-state index is 0.605. The zero-order chi connectivity index (χ0) is 20.9. The lowest BCUT2D eigenvalue weighted by Crippen LogP contribution is -2.04. The number of hydrogen-bond acceptors (Lipinski definition) is 4. The molecule has 5 heteroatoms. The first-order chi connectivity index (χ1) is 14.6. The van der Waals surface area contributed by atoms with E-state index in [0.29, 0.717) is 6.61 Å². The molecule has 0 N–H and O–H groups in total. The molecule has 4 nitrogen and oxygen atoms in total. The van der Waals surface area contributed by atoms with Crippen molar-refractivity contribution in [1.82, 2.24) is 14.8 Å². The Kier molecular flexibility index (Phi) is 6.19. The van der Waals surface area contributed by atoms with Crippen molar-refractivity contribution in [2.24, 2.45) is 0 Å². The van der Waals surface area contributed by atoms with E-state index in [1.807, 2.05) is 30.3 Å². The van der Waals surface area contributed by atoms with Crippen LogP contribution in [0.1, 0.15) is 16.7 Å². The predicted octanol–water partition coefficient (Wildman–Crippen LogP) is 6.03. The highest BCUT2D eigenvalue weighted by atomic mass is 32.2. The molecule has 0 aliphatic rings. The maximum absolute atomic E-state index is 5.88. The number of aromatic nitrogens is 3. The van der Waals surface area contributed by atoms with Gasteiger partial charge >= 0.3 is 0 Å². The third-order valence-corrected chi connectivity index (χ3v) is 5.91. The number of benzene rings is 3. The molecule has 0 aliphatic carbocycles. The Labute approximate surface area is 181 Å². The zero-order valence-corrected chi connectivity index (χ0v) is 18.3. The first-order valence-corrected chi connectivity index (χ1v) is 11.0. The molecule has 0 bridgehead atoms. The molecule has 30 heavy (non-hydrogen) atoms. The second kappa shape index (κ2) is 9.18. The van der Waals surface area contributed by atoms with Crippen molar-refractivity contribution >= 4 is 11.8 Å². The molecule has 0 atom stereocenters. The number of thioether (sulfide) groups is 1. The molecule has 0 amide bonds. The van der Waals surface area contributed by atoms with Crippen LogP contribution in [0.3, 0.4) is 0 Å². The van der Waals surface area contributed by atoms with Crippen molar-refractivity contribution < 1.29 is 4.74 Å². The topological polar surface area (TPSA) is 39.9 Å². The van der Waals surface area contributed by atoms with Gasteiger partial charge in [-0.15, -0.1) is 10.2 Å². The summed E-state index contributed by atoms with van der Waals surface area (Å²) >= 11 is 1.65. The average molecular weight is 416 g/mol. The molecule has 0 fully saturated rings. The van der Waals surface area contributed by atoms with Crippen molar-refractivity contribution in [3.05, 3.63) is 89.5 Å². The van der Waals surface area contributed by atoms with Crippen LogP contribution >= 0.6 is 11.8 Å². The van der Waals surface area contributed by atoms with Crippen LogP contribution < -0.4 is 4.74 Å². The highest BCUT2D eigenvalue weighted by Gasteiger charge is 2.16. The van der Waals surface area contributed by atoms with Gasteiger partial charge in [0, 0.05) is 11.3 Å².